The highest BCUT2D eigenvalue weighted by Crippen LogP contribution is 2.40. The molecule has 1 saturated carbocycles. The lowest BCUT2D eigenvalue weighted by Crippen LogP contribution is -2.59. The molecule has 1 aromatic carbocycles. The van der Waals surface area contributed by atoms with Gasteiger partial charge in [-0.1, -0.05) is 25.1 Å². The molecule has 0 aromatic heterocycles. The van der Waals surface area contributed by atoms with E-state index in [1.807, 2.05) is 12.1 Å². The van der Waals surface area contributed by atoms with Crippen molar-refractivity contribution >= 4 is 5.84 Å². The first-order chi connectivity index (χ1) is 9.90. The minimum absolute atomic E-state index is 0.0228. The Bertz CT molecular complexity index is 543. The van der Waals surface area contributed by atoms with Gasteiger partial charge in [-0.05, 0) is 24.1 Å². The SMILES string of the molecule is COc1cc(CNC2CC(O)C2(C)C)ccc1/C(N)=N/O. The van der Waals surface area contributed by atoms with Crippen molar-refractivity contribution in [1.82, 2.24) is 5.32 Å². The molecule has 0 heterocycles. The molecule has 0 saturated heterocycles. The van der Waals surface area contributed by atoms with E-state index in [1.165, 1.54) is 0 Å². The van der Waals surface area contributed by atoms with Crippen molar-refractivity contribution in [2.45, 2.75) is 39.0 Å². The van der Waals surface area contributed by atoms with Crippen LogP contribution in [0.15, 0.2) is 23.4 Å². The number of aliphatic hydroxyl groups is 1. The predicted molar refractivity (Wildman–Crippen MR) is 80.5 cm³/mol. The minimum Gasteiger partial charge on any atom is -0.496 e. The number of ether oxygens (including phenoxy) is 1. The Labute approximate surface area is 124 Å². The molecular weight excluding hydrogens is 270 g/mol. The van der Waals surface area contributed by atoms with Gasteiger partial charge in [-0.25, -0.2) is 0 Å². The third kappa shape index (κ3) is 2.96. The van der Waals surface area contributed by atoms with Gasteiger partial charge in [0.05, 0.1) is 18.8 Å². The number of hydrogen-bond acceptors (Lipinski definition) is 5. The van der Waals surface area contributed by atoms with Crippen molar-refractivity contribution in [2.24, 2.45) is 16.3 Å². The van der Waals surface area contributed by atoms with Gasteiger partial charge in [0.25, 0.3) is 0 Å². The van der Waals surface area contributed by atoms with Crippen LogP contribution in [0.5, 0.6) is 5.75 Å². The molecule has 116 valence electrons. The summed E-state index contributed by atoms with van der Waals surface area (Å²) in [6, 6.07) is 5.83. The van der Waals surface area contributed by atoms with E-state index < -0.39 is 0 Å². The zero-order valence-corrected chi connectivity index (χ0v) is 12.6. The van der Waals surface area contributed by atoms with Crippen LogP contribution in [0.1, 0.15) is 31.4 Å². The van der Waals surface area contributed by atoms with Crippen LogP contribution in [-0.4, -0.2) is 35.4 Å². The van der Waals surface area contributed by atoms with Crippen LogP contribution in [0, 0.1) is 5.41 Å². The summed E-state index contributed by atoms with van der Waals surface area (Å²) in [5.41, 5.74) is 7.10. The lowest BCUT2D eigenvalue weighted by molar-refractivity contribution is -0.0729. The van der Waals surface area contributed by atoms with Gasteiger partial charge in [-0.15, -0.1) is 0 Å². The first kappa shape index (κ1) is 15.6. The van der Waals surface area contributed by atoms with Gasteiger partial charge in [0, 0.05) is 18.0 Å². The molecule has 2 atom stereocenters. The maximum atomic E-state index is 9.74. The Kier molecular flexibility index (Phi) is 4.39. The molecule has 0 amide bonds. The largest absolute Gasteiger partial charge is 0.496 e. The van der Waals surface area contributed by atoms with E-state index in [2.05, 4.69) is 24.3 Å². The lowest BCUT2D eigenvalue weighted by Gasteiger charge is -2.49. The number of aliphatic hydroxyl groups excluding tert-OH is 1. The van der Waals surface area contributed by atoms with Crippen molar-refractivity contribution < 1.29 is 15.1 Å². The van der Waals surface area contributed by atoms with Crippen LogP contribution < -0.4 is 15.8 Å². The summed E-state index contributed by atoms with van der Waals surface area (Å²) in [5, 5.41) is 24.9. The average molecular weight is 293 g/mol. The highest BCUT2D eigenvalue weighted by Gasteiger charge is 2.46. The van der Waals surface area contributed by atoms with Gasteiger partial charge in [-0.2, -0.15) is 0 Å². The molecule has 2 rings (SSSR count). The monoisotopic (exact) mass is 293 g/mol. The van der Waals surface area contributed by atoms with Crippen LogP contribution in [0.4, 0.5) is 0 Å². The molecule has 21 heavy (non-hydrogen) atoms. The quantitative estimate of drug-likeness (QED) is 0.281. The normalized spacial score (nSPS) is 24.5. The third-order valence-corrected chi connectivity index (χ3v) is 4.42. The fourth-order valence-electron chi connectivity index (χ4n) is 2.60. The summed E-state index contributed by atoms with van der Waals surface area (Å²) in [4.78, 5) is 0. The second kappa shape index (κ2) is 5.91. The topological polar surface area (TPSA) is 100 Å². The van der Waals surface area contributed by atoms with E-state index in [0.717, 1.165) is 12.0 Å². The van der Waals surface area contributed by atoms with Crippen molar-refractivity contribution in [1.29, 1.82) is 0 Å². The molecular formula is C15H23N3O3. The first-order valence-electron chi connectivity index (χ1n) is 6.96. The fraction of sp³-hybridized carbons (Fsp3) is 0.533. The summed E-state index contributed by atoms with van der Waals surface area (Å²) in [7, 11) is 1.55. The molecule has 0 bridgehead atoms. The fourth-order valence-corrected chi connectivity index (χ4v) is 2.60. The molecule has 1 aliphatic carbocycles. The Balaban J connectivity index is 2.05. The van der Waals surface area contributed by atoms with E-state index in [4.69, 9.17) is 15.7 Å². The molecule has 0 aliphatic heterocycles. The number of hydrogen-bond donors (Lipinski definition) is 4. The Morgan fingerprint density at radius 3 is 2.76 bits per heavy atom. The summed E-state index contributed by atoms with van der Waals surface area (Å²) in [6.07, 6.45) is 0.527. The smallest absolute Gasteiger partial charge is 0.173 e. The van der Waals surface area contributed by atoms with E-state index >= 15 is 0 Å². The van der Waals surface area contributed by atoms with Gasteiger partial charge < -0.3 is 26.1 Å². The third-order valence-electron chi connectivity index (χ3n) is 4.42. The minimum atomic E-state index is -0.243. The molecule has 2 unspecified atom stereocenters. The number of methoxy groups -OCH3 is 1. The first-order valence-corrected chi connectivity index (χ1v) is 6.96. The molecule has 6 heteroatoms. The van der Waals surface area contributed by atoms with Gasteiger partial charge in [0.1, 0.15) is 5.75 Å². The predicted octanol–water partition coefficient (Wildman–Crippen LogP) is 1.04. The molecule has 0 radical (unpaired) electrons. The standard InChI is InChI=1S/C15H23N3O3/c1-15(2)12(7-13(15)19)17-8-9-4-5-10(14(16)18-20)11(6-9)21-3/h4-6,12-13,17,19-20H,7-8H2,1-3H3,(H2,16,18). The molecule has 5 N–H and O–H groups in total. The summed E-state index contributed by atoms with van der Waals surface area (Å²) >= 11 is 0. The number of nitrogens with zero attached hydrogens (tertiary/aromatic N) is 1. The maximum absolute atomic E-state index is 9.74. The highest BCUT2D eigenvalue weighted by molar-refractivity contribution is 5.99. The summed E-state index contributed by atoms with van der Waals surface area (Å²) in [5.74, 6) is 0.590. The van der Waals surface area contributed by atoms with Gasteiger partial charge in [0.2, 0.25) is 0 Å². The molecule has 6 nitrogen and oxygen atoms in total. The van der Waals surface area contributed by atoms with Crippen LogP contribution in [0.2, 0.25) is 0 Å². The number of benzene rings is 1. The van der Waals surface area contributed by atoms with Crippen LogP contribution in [0.25, 0.3) is 0 Å². The van der Waals surface area contributed by atoms with Crippen LogP contribution in [-0.2, 0) is 6.54 Å². The number of nitrogens with one attached hydrogen (secondary N) is 1. The maximum Gasteiger partial charge on any atom is 0.173 e. The van der Waals surface area contributed by atoms with Gasteiger partial charge >= 0.3 is 0 Å². The van der Waals surface area contributed by atoms with Crippen molar-refractivity contribution in [2.75, 3.05) is 7.11 Å². The van der Waals surface area contributed by atoms with Gasteiger partial charge in [0.15, 0.2) is 5.84 Å². The second-order valence-electron chi connectivity index (χ2n) is 6.03. The summed E-state index contributed by atoms with van der Waals surface area (Å²) < 4.78 is 5.27. The van der Waals surface area contributed by atoms with Crippen LogP contribution in [0.3, 0.4) is 0 Å². The van der Waals surface area contributed by atoms with E-state index in [-0.39, 0.29) is 17.4 Å². The molecule has 1 fully saturated rings. The van der Waals surface area contributed by atoms with Crippen LogP contribution >= 0.6 is 0 Å². The number of amidine groups is 1. The van der Waals surface area contributed by atoms with Gasteiger partial charge in [-0.3, -0.25) is 0 Å². The number of rotatable bonds is 5. The Morgan fingerprint density at radius 2 is 2.24 bits per heavy atom. The van der Waals surface area contributed by atoms with Crippen molar-refractivity contribution in [3.8, 4) is 5.75 Å². The second-order valence-corrected chi connectivity index (χ2v) is 6.03. The highest BCUT2D eigenvalue weighted by atomic mass is 16.5. The molecule has 1 aromatic rings. The van der Waals surface area contributed by atoms with Crippen molar-refractivity contribution in [3.63, 3.8) is 0 Å². The van der Waals surface area contributed by atoms with E-state index in [9.17, 15) is 5.11 Å². The van der Waals surface area contributed by atoms with E-state index in [1.54, 1.807) is 13.2 Å². The average Bonchev–Trinajstić information content (AvgIpc) is 2.50. The van der Waals surface area contributed by atoms with Crippen molar-refractivity contribution in [3.05, 3.63) is 29.3 Å². The Hall–Kier alpha value is -1.79. The van der Waals surface area contributed by atoms with E-state index in [0.29, 0.717) is 23.9 Å². The number of oxime groups is 1. The zero-order valence-electron chi connectivity index (χ0n) is 12.6. The Morgan fingerprint density at radius 1 is 1.52 bits per heavy atom. The molecule has 0 spiro atoms. The number of nitrogens with two attached hydrogens (primary N) is 1. The lowest BCUT2D eigenvalue weighted by atomic mass is 9.64. The zero-order chi connectivity index (χ0) is 15.6. The molecule has 1 aliphatic rings. The summed E-state index contributed by atoms with van der Waals surface area (Å²) in [6.45, 7) is 4.79.